The van der Waals surface area contributed by atoms with Crippen LogP contribution in [0.1, 0.15) is 65.7 Å². The second-order valence-electron chi connectivity index (χ2n) is 5.91. The predicted octanol–water partition coefficient (Wildman–Crippen LogP) is 5.02. The highest BCUT2D eigenvalue weighted by Gasteiger charge is 2.30. The van der Waals surface area contributed by atoms with Gasteiger partial charge in [-0.1, -0.05) is 63.5 Å². The molecule has 2 nitrogen and oxygen atoms in total. The summed E-state index contributed by atoms with van der Waals surface area (Å²) >= 11 is 0. The van der Waals surface area contributed by atoms with Gasteiger partial charge in [0.2, 0.25) is 5.91 Å². The van der Waals surface area contributed by atoms with Crippen molar-refractivity contribution in [1.29, 1.82) is 0 Å². The highest BCUT2D eigenvalue weighted by molar-refractivity contribution is 5.74. The molecule has 1 amide bonds. The third kappa shape index (κ3) is 5.18. The Hall–Kier alpha value is -1.31. The first-order valence-electron chi connectivity index (χ1n) is 8.39. The number of hydrogen-bond donors (Lipinski definition) is 0. The Morgan fingerprint density at radius 2 is 2.00 bits per heavy atom. The van der Waals surface area contributed by atoms with Gasteiger partial charge in [-0.2, -0.15) is 0 Å². The maximum Gasteiger partial charge on any atom is 0.220 e. The van der Waals surface area contributed by atoms with Crippen molar-refractivity contribution in [1.82, 2.24) is 4.90 Å². The molecule has 1 aliphatic rings. The van der Waals surface area contributed by atoms with Gasteiger partial charge in [-0.25, -0.2) is 0 Å². The summed E-state index contributed by atoms with van der Waals surface area (Å²) < 4.78 is 0. The van der Waals surface area contributed by atoms with Gasteiger partial charge in [-0.3, -0.25) is 4.79 Å². The summed E-state index contributed by atoms with van der Waals surface area (Å²) in [4.78, 5) is 14.5. The predicted molar refractivity (Wildman–Crippen MR) is 91.2 cm³/mol. The summed E-state index contributed by atoms with van der Waals surface area (Å²) in [6.07, 6.45) is 16.2. The molecule has 118 valence electrons. The van der Waals surface area contributed by atoms with E-state index in [1.54, 1.807) is 13.0 Å². The monoisotopic (exact) mass is 289 g/mol. The van der Waals surface area contributed by atoms with E-state index in [9.17, 15) is 4.79 Å². The highest BCUT2D eigenvalue weighted by Crippen LogP contribution is 2.28. The smallest absolute Gasteiger partial charge is 0.220 e. The van der Waals surface area contributed by atoms with Crippen molar-refractivity contribution in [2.24, 2.45) is 0 Å². The van der Waals surface area contributed by atoms with Gasteiger partial charge in [0.05, 0.1) is 6.04 Å². The normalized spacial score (nSPS) is 18.7. The van der Waals surface area contributed by atoms with Crippen LogP contribution >= 0.6 is 0 Å². The molecule has 21 heavy (non-hydrogen) atoms. The minimum atomic E-state index is 0.205. The second kappa shape index (κ2) is 9.59. The third-order valence-electron chi connectivity index (χ3n) is 4.37. The van der Waals surface area contributed by atoms with Crippen LogP contribution < -0.4 is 0 Å². The van der Waals surface area contributed by atoms with Crippen molar-refractivity contribution in [3.8, 4) is 0 Å². The number of allylic oxidation sites excluding steroid dienone is 3. The lowest BCUT2D eigenvalue weighted by Crippen LogP contribution is -2.47. The van der Waals surface area contributed by atoms with E-state index >= 15 is 0 Å². The molecule has 0 heterocycles. The lowest BCUT2D eigenvalue weighted by molar-refractivity contribution is -0.133. The zero-order valence-corrected chi connectivity index (χ0v) is 14.0. The molecule has 0 unspecified atom stereocenters. The zero-order valence-electron chi connectivity index (χ0n) is 14.0. The second-order valence-corrected chi connectivity index (χ2v) is 5.91. The summed E-state index contributed by atoms with van der Waals surface area (Å²) in [5.74, 6) is 0.215. The van der Waals surface area contributed by atoms with E-state index in [0.29, 0.717) is 6.04 Å². The Morgan fingerprint density at radius 1 is 1.33 bits per heavy atom. The Labute approximate surface area is 130 Å². The van der Waals surface area contributed by atoms with Gasteiger partial charge in [0.25, 0.3) is 0 Å². The van der Waals surface area contributed by atoms with Crippen LogP contribution in [0.25, 0.3) is 0 Å². The van der Waals surface area contributed by atoms with E-state index in [2.05, 4.69) is 37.5 Å². The van der Waals surface area contributed by atoms with Crippen molar-refractivity contribution < 1.29 is 4.79 Å². The molecule has 1 rings (SSSR count). The highest BCUT2D eigenvalue weighted by atomic mass is 16.2. The van der Waals surface area contributed by atoms with E-state index in [1.165, 1.54) is 24.8 Å². The minimum Gasteiger partial charge on any atom is -0.333 e. The van der Waals surface area contributed by atoms with Gasteiger partial charge in [-0.15, -0.1) is 0 Å². The van der Waals surface area contributed by atoms with Gasteiger partial charge >= 0.3 is 0 Å². The fraction of sp³-hybridized carbons (Fsp3) is 0.632. The number of rotatable bonds is 7. The van der Waals surface area contributed by atoms with Crippen LogP contribution in [0.4, 0.5) is 0 Å². The van der Waals surface area contributed by atoms with Gasteiger partial charge in [0.1, 0.15) is 0 Å². The summed E-state index contributed by atoms with van der Waals surface area (Å²) in [6, 6.07) is 0.622. The Kier molecular flexibility index (Phi) is 8.11. The molecule has 1 saturated carbocycles. The molecule has 0 saturated heterocycles. The molecule has 0 bridgehead atoms. The molecule has 0 aliphatic heterocycles. The quantitative estimate of drug-likeness (QED) is 0.602. The number of nitrogens with zero attached hydrogens (tertiary/aromatic N) is 1. The summed E-state index contributed by atoms with van der Waals surface area (Å²) in [5.41, 5.74) is 1.23. The van der Waals surface area contributed by atoms with Crippen LogP contribution in [0, 0.1) is 0 Å². The molecular formula is C19H31NO. The summed E-state index contributed by atoms with van der Waals surface area (Å²) in [7, 11) is 0. The SMILES string of the molecule is C=C/C=C\C(=C/C)[C@@H](CCC)N(C(C)=O)C1CCCCC1. The zero-order chi connectivity index (χ0) is 15.7. The molecule has 2 heteroatoms. The number of amides is 1. The molecule has 0 spiro atoms. The molecule has 0 N–H and O–H groups in total. The lowest BCUT2D eigenvalue weighted by atomic mass is 9.90. The van der Waals surface area contributed by atoms with Crippen LogP contribution in [0.5, 0.6) is 0 Å². The first-order chi connectivity index (χ1) is 10.2. The number of hydrogen-bond acceptors (Lipinski definition) is 1. The van der Waals surface area contributed by atoms with Gasteiger partial charge < -0.3 is 4.90 Å². The van der Waals surface area contributed by atoms with E-state index in [-0.39, 0.29) is 11.9 Å². The van der Waals surface area contributed by atoms with Crippen LogP contribution in [0.3, 0.4) is 0 Å². The molecule has 0 aromatic carbocycles. The topological polar surface area (TPSA) is 20.3 Å². The Balaban J connectivity index is 3.03. The fourth-order valence-electron chi connectivity index (χ4n) is 3.41. The van der Waals surface area contributed by atoms with Gasteiger partial charge in [0, 0.05) is 13.0 Å². The Morgan fingerprint density at radius 3 is 2.48 bits per heavy atom. The molecule has 1 atom stereocenters. The summed E-state index contributed by atoms with van der Waals surface area (Å²) in [5, 5.41) is 0. The number of carbonyl (C=O) groups is 1. The standard InChI is InChI=1S/C19H31NO/c1-5-8-13-17(7-3)19(12-6-2)20(16(4)21)18-14-10-9-11-15-18/h5,7-8,13,18-19H,1,6,9-12,14-15H2,2-4H3/b13-8-,17-7+/t19-/m1/s1. The Bertz CT molecular complexity index is 388. The van der Waals surface area contributed by atoms with Crippen molar-refractivity contribution in [3.63, 3.8) is 0 Å². The van der Waals surface area contributed by atoms with Crippen LogP contribution in [0.15, 0.2) is 36.5 Å². The first-order valence-corrected chi connectivity index (χ1v) is 8.39. The minimum absolute atomic E-state index is 0.205. The van der Waals surface area contributed by atoms with E-state index in [1.807, 2.05) is 6.08 Å². The average molecular weight is 289 g/mol. The van der Waals surface area contributed by atoms with E-state index in [0.717, 1.165) is 25.7 Å². The largest absolute Gasteiger partial charge is 0.333 e. The van der Waals surface area contributed by atoms with Crippen molar-refractivity contribution in [2.45, 2.75) is 77.8 Å². The van der Waals surface area contributed by atoms with E-state index in [4.69, 9.17) is 0 Å². The van der Waals surface area contributed by atoms with Crippen LogP contribution in [0.2, 0.25) is 0 Å². The van der Waals surface area contributed by atoms with Crippen LogP contribution in [-0.4, -0.2) is 22.9 Å². The lowest BCUT2D eigenvalue weighted by Gasteiger charge is -2.40. The molecule has 1 fully saturated rings. The maximum atomic E-state index is 12.3. The molecular weight excluding hydrogens is 258 g/mol. The molecule has 0 aromatic heterocycles. The van der Waals surface area contributed by atoms with Gasteiger partial charge in [-0.05, 0) is 31.8 Å². The van der Waals surface area contributed by atoms with Gasteiger partial charge in [0.15, 0.2) is 0 Å². The van der Waals surface area contributed by atoms with Crippen molar-refractivity contribution in [3.05, 3.63) is 36.5 Å². The maximum absolute atomic E-state index is 12.3. The first kappa shape index (κ1) is 17.7. The molecule has 1 aliphatic carbocycles. The van der Waals surface area contributed by atoms with Crippen molar-refractivity contribution >= 4 is 5.91 Å². The van der Waals surface area contributed by atoms with E-state index < -0.39 is 0 Å². The van der Waals surface area contributed by atoms with Crippen LogP contribution in [-0.2, 0) is 4.79 Å². The third-order valence-corrected chi connectivity index (χ3v) is 4.37. The van der Waals surface area contributed by atoms with Crippen molar-refractivity contribution in [2.75, 3.05) is 0 Å². The molecule has 0 aromatic rings. The fourth-order valence-corrected chi connectivity index (χ4v) is 3.41. The molecule has 0 radical (unpaired) electrons. The summed E-state index contributed by atoms with van der Waals surface area (Å²) in [6.45, 7) is 9.72. The number of carbonyl (C=O) groups excluding carboxylic acids is 1. The average Bonchev–Trinajstić information content (AvgIpc) is 2.49.